The van der Waals surface area contributed by atoms with Gasteiger partial charge in [0.25, 0.3) is 0 Å². The topological polar surface area (TPSA) is 34.4 Å². The highest BCUT2D eigenvalue weighted by atomic mass is 16.5. The summed E-state index contributed by atoms with van der Waals surface area (Å²) >= 11 is 0. The Morgan fingerprint density at radius 1 is 0.750 bits per heavy atom. The maximum Gasteiger partial charge on any atom is 0.113 e. The summed E-state index contributed by atoms with van der Waals surface area (Å²) in [5.41, 5.74) is 6.58. The van der Waals surface area contributed by atoms with Gasteiger partial charge in [0.15, 0.2) is 0 Å². The summed E-state index contributed by atoms with van der Waals surface area (Å²) in [7, 11) is 0. The second kappa shape index (κ2) is 9.37. The van der Waals surface area contributed by atoms with Crippen LogP contribution in [0.15, 0.2) is 115 Å². The summed E-state index contributed by atoms with van der Waals surface area (Å²) in [6.45, 7) is 2.43. The van der Waals surface area contributed by atoms with Gasteiger partial charge in [-0.3, -0.25) is 0 Å². The molecule has 3 heteroatoms. The predicted octanol–water partition coefficient (Wildman–Crippen LogP) is 8.01. The summed E-state index contributed by atoms with van der Waals surface area (Å²) in [5, 5.41) is 14.5. The van der Waals surface area contributed by atoms with Crippen LogP contribution >= 0.6 is 0 Å². The van der Waals surface area contributed by atoms with E-state index in [4.69, 9.17) is 4.74 Å². The molecule has 0 atom stereocenters. The second-order valence-corrected chi connectivity index (χ2v) is 9.10. The Bertz CT molecular complexity index is 1730. The Kier molecular flexibility index (Phi) is 5.76. The van der Waals surface area contributed by atoms with Crippen LogP contribution in [-0.2, 0) is 18.0 Å². The predicted molar refractivity (Wildman–Crippen MR) is 149 cm³/mol. The van der Waals surface area contributed by atoms with Crippen molar-refractivity contribution in [1.29, 1.82) is 0 Å². The molecular weight excluding hydrogens is 442 g/mol. The number of aliphatic hydroxyl groups excluding tert-OH is 1. The first-order chi connectivity index (χ1) is 17.7. The quantitative estimate of drug-likeness (QED) is 0.251. The van der Waals surface area contributed by atoms with Gasteiger partial charge in [-0.25, -0.2) is 0 Å². The summed E-state index contributed by atoms with van der Waals surface area (Å²) in [4.78, 5) is 0. The van der Waals surface area contributed by atoms with Crippen LogP contribution in [0.2, 0.25) is 0 Å². The monoisotopic (exact) mass is 469 g/mol. The first-order valence-electron chi connectivity index (χ1n) is 12.2. The average molecular weight is 470 g/mol. The van der Waals surface area contributed by atoms with E-state index in [9.17, 15) is 5.11 Å². The summed E-state index contributed by atoms with van der Waals surface area (Å²) in [6, 6.07) is 38.0. The van der Waals surface area contributed by atoms with Crippen LogP contribution in [0.25, 0.3) is 44.3 Å². The molecule has 176 valence electrons. The van der Waals surface area contributed by atoms with E-state index < -0.39 is 0 Å². The van der Waals surface area contributed by atoms with E-state index in [1.54, 1.807) is 0 Å². The third-order valence-electron chi connectivity index (χ3n) is 6.81. The minimum Gasteiger partial charge on any atom is -0.494 e. The van der Waals surface area contributed by atoms with Crippen molar-refractivity contribution in [3.63, 3.8) is 0 Å². The van der Waals surface area contributed by atoms with Crippen molar-refractivity contribution in [3.8, 4) is 5.69 Å². The van der Waals surface area contributed by atoms with Gasteiger partial charge in [0.1, 0.15) is 6.61 Å². The summed E-state index contributed by atoms with van der Waals surface area (Å²) in [5.74, 6) is 0.837. The smallest absolute Gasteiger partial charge is 0.113 e. The van der Waals surface area contributed by atoms with Crippen molar-refractivity contribution < 1.29 is 9.84 Å². The Morgan fingerprint density at radius 2 is 1.50 bits per heavy atom. The molecule has 0 fully saturated rings. The van der Waals surface area contributed by atoms with E-state index in [1.165, 1.54) is 32.6 Å². The molecule has 1 heterocycles. The van der Waals surface area contributed by atoms with Crippen LogP contribution in [0.4, 0.5) is 0 Å². The summed E-state index contributed by atoms with van der Waals surface area (Å²) in [6.07, 6.45) is 2.07. The van der Waals surface area contributed by atoms with Gasteiger partial charge in [0, 0.05) is 16.5 Å². The number of allylic oxidation sites excluding steroid dienone is 1. The molecule has 0 radical (unpaired) electrons. The average Bonchev–Trinajstić information content (AvgIpc) is 3.27. The number of hydrogen-bond acceptors (Lipinski definition) is 2. The molecule has 0 spiro atoms. The van der Waals surface area contributed by atoms with Gasteiger partial charge in [-0.15, -0.1) is 0 Å². The maximum atomic E-state index is 9.56. The fourth-order valence-electron chi connectivity index (χ4n) is 5.08. The first kappa shape index (κ1) is 22.1. The van der Waals surface area contributed by atoms with Crippen molar-refractivity contribution >= 4 is 38.7 Å². The molecule has 6 aromatic rings. The zero-order valence-corrected chi connectivity index (χ0v) is 20.2. The van der Waals surface area contributed by atoms with Crippen molar-refractivity contribution in [2.75, 3.05) is 0 Å². The maximum absolute atomic E-state index is 9.56. The molecule has 3 nitrogen and oxygen atoms in total. The lowest BCUT2D eigenvalue weighted by Gasteiger charge is -2.10. The first-order valence-corrected chi connectivity index (χ1v) is 12.2. The van der Waals surface area contributed by atoms with Crippen LogP contribution in [0.1, 0.15) is 23.6 Å². The van der Waals surface area contributed by atoms with Crippen molar-refractivity contribution in [1.82, 2.24) is 4.57 Å². The highest BCUT2D eigenvalue weighted by Gasteiger charge is 2.14. The third-order valence-corrected chi connectivity index (χ3v) is 6.81. The number of benzene rings is 5. The van der Waals surface area contributed by atoms with Crippen LogP contribution in [0.5, 0.6) is 0 Å². The molecule has 0 aliphatic carbocycles. The van der Waals surface area contributed by atoms with Crippen molar-refractivity contribution in [2.45, 2.75) is 20.1 Å². The highest BCUT2D eigenvalue weighted by Crippen LogP contribution is 2.37. The lowest BCUT2D eigenvalue weighted by Crippen LogP contribution is -1.97. The van der Waals surface area contributed by atoms with E-state index in [0.29, 0.717) is 6.61 Å². The number of fused-ring (bicyclic) bond motifs is 5. The fourth-order valence-corrected chi connectivity index (χ4v) is 5.08. The lowest BCUT2D eigenvalue weighted by molar-refractivity contribution is 0.199. The lowest BCUT2D eigenvalue weighted by atomic mass is 10.0. The molecule has 0 unspecified atom stereocenters. The van der Waals surface area contributed by atoms with E-state index in [2.05, 4.69) is 95.6 Å². The Morgan fingerprint density at radius 3 is 2.33 bits per heavy atom. The molecule has 1 N–H and O–H groups in total. The molecule has 0 saturated carbocycles. The van der Waals surface area contributed by atoms with Crippen molar-refractivity contribution in [3.05, 3.63) is 132 Å². The number of hydrogen-bond donors (Lipinski definition) is 1. The van der Waals surface area contributed by atoms with Crippen LogP contribution in [0.3, 0.4) is 0 Å². The number of ether oxygens (including phenoxy) is 1. The van der Waals surface area contributed by atoms with Gasteiger partial charge >= 0.3 is 0 Å². The molecule has 0 aliphatic rings. The SMILES string of the molecule is CC(=Cc1ccc2c(ccc3c2c2ccccc2n3-c2ccccc2)c1)OCc1ccccc1CO. The number of nitrogens with zero attached hydrogens (tertiary/aromatic N) is 1. The Hall–Kier alpha value is -4.34. The minimum absolute atomic E-state index is 0.0160. The zero-order valence-electron chi connectivity index (χ0n) is 20.2. The zero-order chi connectivity index (χ0) is 24.5. The number of aliphatic hydroxyl groups is 1. The number of rotatable bonds is 6. The van der Waals surface area contributed by atoms with Crippen LogP contribution in [0, 0.1) is 0 Å². The van der Waals surface area contributed by atoms with Gasteiger partial charge < -0.3 is 14.4 Å². The van der Waals surface area contributed by atoms with Crippen molar-refractivity contribution in [2.24, 2.45) is 0 Å². The van der Waals surface area contributed by atoms with E-state index in [1.807, 2.05) is 31.2 Å². The van der Waals surface area contributed by atoms with Gasteiger partial charge in [0.2, 0.25) is 0 Å². The normalized spacial score (nSPS) is 12.0. The molecule has 1 aromatic heterocycles. The van der Waals surface area contributed by atoms with E-state index >= 15 is 0 Å². The number of para-hydroxylation sites is 2. The van der Waals surface area contributed by atoms with E-state index in [0.717, 1.165) is 28.1 Å². The minimum atomic E-state index is 0.0160. The highest BCUT2D eigenvalue weighted by molar-refractivity contribution is 6.21. The molecule has 0 amide bonds. The Balaban J connectivity index is 1.39. The Labute approximate surface area is 210 Å². The molecule has 0 bridgehead atoms. The molecular formula is C33H27NO2. The number of aromatic nitrogens is 1. The second-order valence-electron chi connectivity index (χ2n) is 9.10. The molecule has 6 rings (SSSR count). The van der Waals surface area contributed by atoms with Gasteiger partial charge in [-0.1, -0.05) is 78.9 Å². The fraction of sp³-hybridized carbons (Fsp3) is 0.0909. The standard InChI is InChI=1S/C33H27NO2/c1-23(36-22-27-10-6-5-9-26(27)21-35)19-24-15-17-29-25(20-24)16-18-32-33(29)30-13-7-8-14-31(30)34(32)28-11-3-2-4-12-28/h2-20,35H,21-22H2,1H3. The van der Waals surface area contributed by atoms with Gasteiger partial charge in [-0.05, 0) is 70.8 Å². The van der Waals surface area contributed by atoms with Gasteiger partial charge in [-0.2, -0.15) is 0 Å². The van der Waals surface area contributed by atoms with Crippen LogP contribution < -0.4 is 0 Å². The van der Waals surface area contributed by atoms with Crippen LogP contribution in [-0.4, -0.2) is 9.67 Å². The molecule has 0 aliphatic heterocycles. The molecule has 5 aromatic carbocycles. The summed E-state index contributed by atoms with van der Waals surface area (Å²) < 4.78 is 8.36. The molecule has 0 saturated heterocycles. The van der Waals surface area contributed by atoms with E-state index in [-0.39, 0.29) is 6.61 Å². The largest absolute Gasteiger partial charge is 0.494 e. The third kappa shape index (κ3) is 3.94. The van der Waals surface area contributed by atoms with Gasteiger partial charge in [0.05, 0.1) is 23.4 Å². The molecule has 36 heavy (non-hydrogen) atoms.